The fourth-order valence-corrected chi connectivity index (χ4v) is 2.92. The number of nitrogens with zero attached hydrogens (tertiary/aromatic N) is 3. The number of phenolic OH excluding ortho intramolecular Hbond substituents is 1. The first-order chi connectivity index (χ1) is 11.1. The third-order valence-corrected chi connectivity index (χ3v) is 4.07. The van der Waals surface area contributed by atoms with Gasteiger partial charge in [0.1, 0.15) is 5.75 Å². The van der Waals surface area contributed by atoms with Crippen molar-refractivity contribution < 1.29 is 5.11 Å². The van der Waals surface area contributed by atoms with Gasteiger partial charge in [-0.1, -0.05) is 48.5 Å². The summed E-state index contributed by atoms with van der Waals surface area (Å²) in [4.78, 5) is 0. The molecule has 0 aliphatic carbocycles. The van der Waals surface area contributed by atoms with Crippen LogP contribution < -0.4 is 0 Å². The van der Waals surface area contributed by atoms with Crippen molar-refractivity contribution in [3.63, 3.8) is 0 Å². The molecule has 0 spiro atoms. The fraction of sp³-hybridized carbons (Fsp3) is 0.263. The minimum atomic E-state index is 0.312. The van der Waals surface area contributed by atoms with Gasteiger partial charge < -0.3 is 5.11 Å². The molecule has 1 atom stereocenters. The van der Waals surface area contributed by atoms with Crippen LogP contribution in [-0.2, 0) is 13.0 Å². The Morgan fingerprint density at radius 2 is 1.91 bits per heavy atom. The van der Waals surface area contributed by atoms with E-state index >= 15 is 0 Å². The molecular weight excluding hydrogens is 286 g/mol. The predicted molar refractivity (Wildman–Crippen MR) is 90.5 cm³/mol. The molecule has 0 aliphatic rings. The first-order valence-electron chi connectivity index (χ1n) is 7.84. The Morgan fingerprint density at radius 1 is 1.13 bits per heavy atom. The largest absolute Gasteiger partial charge is 0.508 e. The summed E-state index contributed by atoms with van der Waals surface area (Å²) < 4.78 is 1.88. The van der Waals surface area contributed by atoms with Gasteiger partial charge in [0.15, 0.2) is 0 Å². The lowest BCUT2D eigenvalue weighted by atomic mass is 9.92. The van der Waals surface area contributed by atoms with Crippen molar-refractivity contribution >= 4 is 0 Å². The molecule has 23 heavy (non-hydrogen) atoms. The Balaban J connectivity index is 1.69. The van der Waals surface area contributed by atoms with Gasteiger partial charge in [-0.25, -0.2) is 4.68 Å². The standard InChI is InChI=1S/C19H21N3O/c1-14(19-9-8-18(23)11-15(19)2)10-17-13-22(21-20-17)12-16-6-4-3-5-7-16/h3-9,11,13-14,23H,10,12H2,1-2H3. The van der Waals surface area contributed by atoms with Crippen LogP contribution in [0.2, 0.25) is 0 Å². The Bertz CT molecular complexity index is 780. The zero-order valence-electron chi connectivity index (χ0n) is 13.5. The van der Waals surface area contributed by atoms with Crippen molar-refractivity contribution in [1.82, 2.24) is 15.0 Å². The van der Waals surface area contributed by atoms with E-state index in [9.17, 15) is 5.11 Å². The summed E-state index contributed by atoms with van der Waals surface area (Å²) in [6.07, 6.45) is 2.85. The highest BCUT2D eigenvalue weighted by Gasteiger charge is 2.12. The Labute approximate surface area is 136 Å². The van der Waals surface area contributed by atoms with Crippen molar-refractivity contribution in [2.45, 2.75) is 32.7 Å². The molecule has 0 saturated carbocycles. The average molecular weight is 307 g/mol. The summed E-state index contributed by atoms with van der Waals surface area (Å²) in [6.45, 7) is 4.94. The maximum atomic E-state index is 9.53. The molecule has 4 heteroatoms. The third kappa shape index (κ3) is 3.77. The molecular formula is C19H21N3O. The van der Waals surface area contributed by atoms with E-state index < -0.39 is 0 Å². The van der Waals surface area contributed by atoms with E-state index in [0.717, 1.165) is 24.2 Å². The second-order valence-electron chi connectivity index (χ2n) is 6.04. The van der Waals surface area contributed by atoms with Crippen LogP contribution in [0.25, 0.3) is 0 Å². The molecule has 4 nitrogen and oxygen atoms in total. The van der Waals surface area contributed by atoms with Gasteiger partial charge in [-0.05, 0) is 48.1 Å². The summed E-state index contributed by atoms with van der Waals surface area (Å²) in [5.74, 6) is 0.643. The van der Waals surface area contributed by atoms with Crippen LogP contribution in [0.4, 0.5) is 0 Å². The number of hydrogen-bond donors (Lipinski definition) is 1. The van der Waals surface area contributed by atoms with Crippen molar-refractivity contribution in [2.75, 3.05) is 0 Å². The Hall–Kier alpha value is -2.62. The van der Waals surface area contributed by atoms with Gasteiger partial charge in [0, 0.05) is 6.20 Å². The number of hydrogen-bond acceptors (Lipinski definition) is 3. The quantitative estimate of drug-likeness (QED) is 0.782. The van der Waals surface area contributed by atoms with E-state index in [0.29, 0.717) is 11.7 Å². The van der Waals surface area contributed by atoms with Crippen molar-refractivity contribution in [2.24, 2.45) is 0 Å². The highest BCUT2D eigenvalue weighted by atomic mass is 16.3. The molecule has 3 rings (SSSR count). The van der Waals surface area contributed by atoms with Gasteiger partial charge in [0.2, 0.25) is 0 Å². The molecule has 0 aliphatic heterocycles. The highest BCUT2D eigenvalue weighted by Crippen LogP contribution is 2.25. The minimum absolute atomic E-state index is 0.312. The van der Waals surface area contributed by atoms with Crippen LogP contribution in [0, 0.1) is 6.92 Å². The van der Waals surface area contributed by atoms with Crippen LogP contribution in [0.3, 0.4) is 0 Å². The van der Waals surface area contributed by atoms with Crippen LogP contribution >= 0.6 is 0 Å². The van der Waals surface area contributed by atoms with Gasteiger partial charge in [-0.2, -0.15) is 0 Å². The molecule has 1 heterocycles. The van der Waals surface area contributed by atoms with Gasteiger partial charge in [-0.15, -0.1) is 5.10 Å². The monoisotopic (exact) mass is 307 g/mol. The summed E-state index contributed by atoms with van der Waals surface area (Å²) in [5.41, 5.74) is 4.54. The summed E-state index contributed by atoms with van der Waals surface area (Å²) in [6, 6.07) is 15.8. The zero-order chi connectivity index (χ0) is 16.2. The molecule has 1 N–H and O–H groups in total. The Morgan fingerprint density at radius 3 is 2.65 bits per heavy atom. The molecule has 0 amide bonds. The lowest BCUT2D eigenvalue weighted by molar-refractivity contribution is 0.474. The van der Waals surface area contributed by atoms with E-state index in [4.69, 9.17) is 0 Å². The van der Waals surface area contributed by atoms with Crippen LogP contribution in [0.5, 0.6) is 5.75 Å². The molecule has 1 aromatic heterocycles. The summed E-state index contributed by atoms with van der Waals surface area (Å²) in [5, 5.41) is 18.0. The third-order valence-electron chi connectivity index (χ3n) is 4.07. The molecule has 2 aromatic carbocycles. The molecule has 0 fully saturated rings. The van der Waals surface area contributed by atoms with E-state index in [1.54, 1.807) is 12.1 Å². The van der Waals surface area contributed by atoms with Gasteiger partial charge in [0.25, 0.3) is 0 Å². The van der Waals surface area contributed by atoms with Gasteiger partial charge in [0.05, 0.1) is 12.2 Å². The maximum absolute atomic E-state index is 9.53. The first-order valence-corrected chi connectivity index (χ1v) is 7.84. The molecule has 3 aromatic rings. The molecule has 0 saturated heterocycles. The number of aromatic nitrogens is 3. The van der Waals surface area contributed by atoms with E-state index in [1.165, 1.54) is 11.1 Å². The first kappa shape index (κ1) is 15.3. The maximum Gasteiger partial charge on any atom is 0.115 e. The minimum Gasteiger partial charge on any atom is -0.508 e. The van der Waals surface area contributed by atoms with E-state index in [2.05, 4.69) is 29.4 Å². The lowest BCUT2D eigenvalue weighted by Crippen LogP contribution is -2.01. The van der Waals surface area contributed by atoms with Crippen LogP contribution in [0.15, 0.2) is 54.7 Å². The topological polar surface area (TPSA) is 50.9 Å². The van der Waals surface area contributed by atoms with Gasteiger partial charge in [-0.3, -0.25) is 0 Å². The highest BCUT2D eigenvalue weighted by molar-refractivity contribution is 5.36. The number of phenols is 1. The normalized spacial score (nSPS) is 12.3. The molecule has 1 unspecified atom stereocenters. The number of aryl methyl sites for hydroxylation is 1. The van der Waals surface area contributed by atoms with Crippen LogP contribution in [0.1, 0.15) is 35.2 Å². The van der Waals surface area contributed by atoms with Crippen molar-refractivity contribution in [3.05, 3.63) is 77.1 Å². The fourth-order valence-electron chi connectivity index (χ4n) is 2.92. The van der Waals surface area contributed by atoms with Gasteiger partial charge >= 0.3 is 0 Å². The number of aromatic hydroxyl groups is 1. The summed E-state index contributed by atoms with van der Waals surface area (Å²) in [7, 11) is 0. The number of benzene rings is 2. The molecule has 0 bridgehead atoms. The predicted octanol–water partition coefficient (Wildman–Crippen LogP) is 3.69. The van der Waals surface area contributed by atoms with E-state index in [-0.39, 0.29) is 0 Å². The Kier molecular flexibility index (Phi) is 4.42. The van der Waals surface area contributed by atoms with Crippen LogP contribution in [-0.4, -0.2) is 20.1 Å². The smallest absolute Gasteiger partial charge is 0.115 e. The van der Waals surface area contributed by atoms with Crippen molar-refractivity contribution in [3.8, 4) is 5.75 Å². The van der Waals surface area contributed by atoms with Crippen molar-refractivity contribution in [1.29, 1.82) is 0 Å². The average Bonchev–Trinajstić information content (AvgIpc) is 2.95. The molecule has 118 valence electrons. The second kappa shape index (κ2) is 6.65. The van der Waals surface area contributed by atoms with E-state index in [1.807, 2.05) is 42.1 Å². The second-order valence-corrected chi connectivity index (χ2v) is 6.04. The molecule has 0 radical (unpaired) electrons. The zero-order valence-corrected chi connectivity index (χ0v) is 13.5. The summed E-state index contributed by atoms with van der Waals surface area (Å²) >= 11 is 0. The lowest BCUT2D eigenvalue weighted by Gasteiger charge is -2.13. The number of rotatable bonds is 5. The SMILES string of the molecule is Cc1cc(O)ccc1C(C)Cc1cn(Cc2ccccc2)nn1.